The molecule has 1 aliphatic rings. The van der Waals surface area contributed by atoms with E-state index in [9.17, 15) is 8.78 Å². The van der Waals surface area contributed by atoms with Crippen LogP contribution < -0.4 is 11.1 Å². The van der Waals surface area contributed by atoms with Crippen molar-refractivity contribution in [3.05, 3.63) is 48.2 Å². The largest absolute Gasteiger partial charge is 0.387 e. The normalized spacial score (nSPS) is 15.6. The minimum Gasteiger partial charge on any atom is -0.387 e. The average Bonchev–Trinajstić information content (AvgIpc) is 3.11. The number of aliphatic imine (C=N–C) groups is 1. The van der Waals surface area contributed by atoms with Gasteiger partial charge in [0.15, 0.2) is 10.8 Å². The highest BCUT2D eigenvalue weighted by molar-refractivity contribution is 7.80. The molecule has 1 aromatic carbocycles. The zero-order chi connectivity index (χ0) is 21.3. The van der Waals surface area contributed by atoms with Gasteiger partial charge < -0.3 is 16.0 Å². The number of amidine groups is 1. The van der Waals surface area contributed by atoms with Gasteiger partial charge in [-0.15, -0.1) is 5.10 Å². The summed E-state index contributed by atoms with van der Waals surface area (Å²) in [5.74, 6) is -0.353. The molecule has 3 heterocycles. The van der Waals surface area contributed by atoms with Crippen molar-refractivity contribution in [1.29, 1.82) is 0 Å². The predicted molar refractivity (Wildman–Crippen MR) is 116 cm³/mol. The Hall–Kier alpha value is -3.14. The molecule has 1 fully saturated rings. The second kappa shape index (κ2) is 8.31. The molecule has 2 aromatic heterocycles. The molecular formula is C20H21F2N7S. The molecule has 1 saturated heterocycles. The van der Waals surface area contributed by atoms with Gasteiger partial charge >= 0.3 is 0 Å². The average molecular weight is 430 g/mol. The number of aromatic nitrogens is 3. The fourth-order valence-electron chi connectivity index (χ4n) is 3.50. The van der Waals surface area contributed by atoms with Crippen LogP contribution in [0.25, 0.3) is 16.8 Å². The lowest BCUT2D eigenvalue weighted by molar-refractivity contribution is 0.325. The molecule has 30 heavy (non-hydrogen) atoms. The van der Waals surface area contributed by atoms with Crippen LogP contribution in [-0.4, -0.2) is 49.6 Å². The molecule has 0 amide bonds. The van der Waals surface area contributed by atoms with Gasteiger partial charge in [-0.2, -0.15) is 4.98 Å². The van der Waals surface area contributed by atoms with E-state index in [1.165, 1.54) is 12.1 Å². The molecule has 4 rings (SSSR count). The number of fused-ring (bicyclic) bond motifs is 1. The summed E-state index contributed by atoms with van der Waals surface area (Å²) in [6.07, 6.45) is 3.43. The Bertz CT molecular complexity index is 1120. The number of nitrogens with zero attached hydrogens (tertiary/aromatic N) is 5. The molecule has 0 bridgehead atoms. The Balaban J connectivity index is 1.50. The van der Waals surface area contributed by atoms with Gasteiger partial charge in [0, 0.05) is 42.5 Å². The quantitative estimate of drug-likeness (QED) is 0.378. The number of halogens is 2. The lowest BCUT2D eigenvalue weighted by atomic mass is 10.1. The maximum Gasteiger partial charge on any atom is 0.243 e. The van der Waals surface area contributed by atoms with Crippen LogP contribution in [0.3, 0.4) is 0 Å². The first kappa shape index (κ1) is 20.1. The number of hydrogen-bond acceptors (Lipinski definition) is 4. The second-order valence-electron chi connectivity index (χ2n) is 7.19. The molecule has 0 radical (unpaired) electrons. The summed E-state index contributed by atoms with van der Waals surface area (Å²) < 4.78 is 29.1. The van der Waals surface area contributed by atoms with E-state index in [-0.39, 0.29) is 11.6 Å². The Morgan fingerprint density at radius 2 is 2.00 bits per heavy atom. The van der Waals surface area contributed by atoms with Crippen molar-refractivity contribution in [3.8, 4) is 11.1 Å². The van der Waals surface area contributed by atoms with Gasteiger partial charge in [0.25, 0.3) is 0 Å². The van der Waals surface area contributed by atoms with Crippen LogP contribution >= 0.6 is 12.2 Å². The number of likely N-dealkylation sites (tertiary alicyclic amines) is 1. The zero-order valence-corrected chi connectivity index (χ0v) is 17.2. The molecule has 156 valence electrons. The lowest BCUT2D eigenvalue weighted by Crippen LogP contribution is -2.41. The summed E-state index contributed by atoms with van der Waals surface area (Å²) in [5, 5.41) is 8.30. The van der Waals surface area contributed by atoms with Crippen molar-refractivity contribution in [2.75, 3.05) is 18.4 Å². The van der Waals surface area contributed by atoms with Crippen molar-refractivity contribution < 1.29 is 8.78 Å². The van der Waals surface area contributed by atoms with Crippen molar-refractivity contribution in [2.24, 2.45) is 10.7 Å². The van der Waals surface area contributed by atoms with Crippen molar-refractivity contribution >= 4 is 34.8 Å². The third kappa shape index (κ3) is 4.23. The number of pyridine rings is 1. The van der Waals surface area contributed by atoms with Gasteiger partial charge in [0.1, 0.15) is 11.6 Å². The van der Waals surface area contributed by atoms with E-state index in [2.05, 4.69) is 20.4 Å². The van der Waals surface area contributed by atoms with E-state index < -0.39 is 11.6 Å². The predicted octanol–water partition coefficient (Wildman–Crippen LogP) is 3.21. The summed E-state index contributed by atoms with van der Waals surface area (Å²) in [6, 6.07) is 7.17. The lowest BCUT2D eigenvalue weighted by Gasteiger charge is -2.32. The number of anilines is 1. The number of nitrogens with one attached hydrogen (secondary N) is 1. The molecule has 3 aromatic rings. The first-order valence-corrected chi connectivity index (χ1v) is 9.98. The number of piperidine rings is 1. The van der Waals surface area contributed by atoms with Gasteiger partial charge in [0.2, 0.25) is 5.95 Å². The number of nitrogens with two attached hydrogens (primary N) is 1. The number of rotatable bonds is 3. The third-order valence-electron chi connectivity index (χ3n) is 4.95. The van der Waals surface area contributed by atoms with E-state index >= 15 is 0 Å². The van der Waals surface area contributed by atoms with E-state index in [0.717, 1.165) is 32.0 Å². The van der Waals surface area contributed by atoms with Crippen molar-refractivity contribution in [3.63, 3.8) is 0 Å². The highest BCUT2D eigenvalue weighted by Gasteiger charge is 2.22. The van der Waals surface area contributed by atoms with Gasteiger partial charge in [-0.05, 0) is 56.2 Å². The molecule has 0 atom stereocenters. The minimum absolute atomic E-state index is 0.176. The molecule has 7 nitrogen and oxygen atoms in total. The van der Waals surface area contributed by atoms with Crippen LogP contribution in [0.5, 0.6) is 0 Å². The van der Waals surface area contributed by atoms with Crippen molar-refractivity contribution in [1.82, 2.24) is 19.5 Å². The number of benzene rings is 1. The van der Waals surface area contributed by atoms with E-state index in [1.54, 1.807) is 29.8 Å². The Morgan fingerprint density at radius 1 is 1.23 bits per heavy atom. The van der Waals surface area contributed by atoms with Gasteiger partial charge in [-0.1, -0.05) is 0 Å². The minimum atomic E-state index is -0.640. The van der Waals surface area contributed by atoms with Gasteiger partial charge in [0.05, 0.1) is 5.84 Å². The SMILES string of the molecule is C/C(N)=N/C(=S)N1CCC(Nc2nc3c(-c4ccc(F)cc4F)cccn3n2)CC1. The van der Waals surface area contributed by atoms with E-state index in [1.807, 2.05) is 4.90 Å². The smallest absolute Gasteiger partial charge is 0.243 e. The summed E-state index contributed by atoms with van der Waals surface area (Å²) >= 11 is 5.30. The van der Waals surface area contributed by atoms with Crippen LogP contribution in [0.1, 0.15) is 19.8 Å². The van der Waals surface area contributed by atoms with Crippen LogP contribution in [-0.2, 0) is 0 Å². The Labute approximate surface area is 177 Å². The van der Waals surface area contributed by atoms with Gasteiger partial charge in [-0.25, -0.2) is 18.3 Å². The van der Waals surface area contributed by atoms with Gasteiger partial charge in [-0.3, -0.25) is 0 Å². The second-order valence-corrected chi connectivity index (χ2v) is 7.56. The van der Waals surface area contributed by atoms with Crippen molar-refractivity contribution in [2.45, 2.75) is 25.8 Å². The topological polar surface area (TPSA) is 83.8 Å². The Kier molecular flexibility index (Phi) is 5.58. The van der Waals surface area contributed by atoms with E-state index in [4.69, 9.17) is 18.0 Å². The highest BCUT2D eigenvalue weighted by Crippen LogP contribution is 2.27. The standard InChI is InChI=1S/C20H21F2N7S/c1-12(23)24-20(30)28-9-6-14(7-10-28)25-19-26-18-16(3-2-8-29(18)27-19)15-5-4-13(21)11-17(15)22/h2-5,8,11,14H,6-7,9-10H2,1H3,(H,25,27)(H2,23,24,30). The molecule has 1 aliphatic heterocycles. The first-order valence-electron chi connectivity index (χ1n) is 9.58. The molecular weight excluding hydrogens is 408 g/mol. The zero-order valence-electron chi connectivity index (χ0n) is 16.3. The molecule has 0 saturated carbocycles. The summed E-state index contributed by atoms with van der Waals surface area (Å²) in [6.45, 7) is 3.22. The van der Waals surface area contributed by atoms with Crippen LogP contribution in [0.4, 0.5) is 14.7 Å². The summed E-state index contributed by atoms with van der Waals surface area (Å²) in [5.41, 5.74) is 6.92. The van der Waals surface area contributed by atoms with Crippen LogP contribution in [0, 0.1) is 11.6 Å². The van der Waals surface area contributed by atoms with Crippen LogP contribution in [0.2, 0.25) is 0 Å². The molecule has 0 spiro atoms. The molecule has 10 heteroatoms. The monoisotopic (exact) mass is 429 g/mol. The Morgan fingerprint density at radius 3 is 2.70 bits per heavy atom. The summed E-state index contributed by atoms with van der Waals surface area (Å²) in [4.78, 5) is 10.7. The van der Waals surface area contributed by atoms with Crippen LogP contribution in [0.15, 0.2) is 41.5 Å². The maximum absolute atomic E-state index is 14.3. The highest BCUT2D eigenvalue weighted by atomic mass is 32.1. The fraction of sp³-hybridized carbons (Fsp3) is 0.300. The molecule has 0 aliphatic carbocycles. The maximum atomic E-state index is 14.3. The fourth-order valence-corrected chi connectivity index (χ4v) is 3.83. The first-order chi connectivity index (χ1) is 14.4. The number of thiocarbonyl (C=S) groups is 1. The third-order valence-corrected chi connectivity index (χ3v) is 5.30. The molecule has 3 N–H and O–H groups in total. The summed E-state index contributed by atoms with van der Waals surface area (Å²) in [7, 11) is 0. The number of hydrogen-bond donors (Lipinski definition) is 2. The molecule has 0 unspecified atom stereocenters. The van der Waals surface area contributed by atoms with E-state index in [0.29, 0.717) is 28.1 Å².